The first-order valence-electron chi connectivity index (χ1n) is 7.78. The third kappa shape index (κ3) is 3.20. The quantitative estimate of drug-likeness (QED) is 0.781. The summed E-state index contributed by atoms with van der Waals surface area (Å²) in [5.41, 5.74) is 4.55. The molecule has 2 rings (SSSR count). The van der Waals surface area contributed by atoms with Crippen LogP contribution in [0.4, 0.5) is 4.79 Å². The Morgan fingerprint density at radius 1 is 1.32 bits per heavy atom. The van der Waals surface area contributed by atoms with Crippen molar-refractivity contribution in [2.45, 2.75) is 63.8 Å². The Morgan fingerprint density at radius 3 is 2.36 bits per heavy atom. The number of primary amides is 1. The normalized spacial score (nSPS) is 24.0. The molecular formula is C15H27N3O4. The second kappa shape index (κ2) is 5.70. The smallest absolute Gasteiger partial charge is 0.410 e. The van der Waals surface area contributed by atoms with Gasteiger partial charge in [0, 0.05) is 19.6 Å². The van der Waals surface area contributed by atoms with Gasteiger partial charge >= 0.3 is 6.09 Å². The van der Waals surface area contributed by atoms with E-state index in [1.165, 1.54) is 0 Å². The van der Waals surface area contributed by atoms with Gasteiger partial charge in [0.15, 0.2) is 0 Å². The summed E-state index contributed by atoms with van der Waals surface area (Å²) in [6.07, 6.45) is 0.667. The minimum atomic E-state index is -0.828. The number of rotatable bonds is 3. The topological polar surface area (TPSA) is 96.1 Å². The maximum atomic E-state index is 12.4. The van der Waals surface area contributed by atoms with Crippen LogP contribution in [0, 0.1) is 0 Å². The molecule has 0 bridgehead atoms. The van der Waals surface area contributed by atoms with Crippen LogP contribution >= 0.6 is 0 Å². The number of carbonyl (C=O) groups is 2. The number of nitrogens with two attached hydrogens (primary N) is 1. The lowest BCUT2D eigenvalue weighted by molar-refractivity contribution is -0.136. The summed E-state index contributed by atoms with van der Waals surface area (Å²) >= 11 is 0. The van der Waals surface area contributed by atoms with Crippen LogP contribution in [0.5, 0.6) is 0 Å². The molecule has 0 aliphatic carbocycles. The monoisotopic (exact) mass is 313 g/mol. The van der Waals surface area contributed by atoms with E-state index in [0.29, 0.717) is 19.6 Å². The lowest BCUT2D eigenvalue weighted by Crippen LogP contribution is -2.73. The summed E-state index contributed by atoms with van der Waals surface area (Å²) in [5.74, 6) is -0.535. The highest BCUT2D eigenvalue weighted by Gasteiger charge is 2.55. The Hall–Kier alpha value is -1.34. The molecule has 7 nitrogen and oxygen atoms in total. The van der Waals surface area contributed by atoms with Crippen molar-refractivity contribution in [1.29, 1.82) is 0 Å². The standard InChI is InChI=1S/C15H27N3O4/c1-10(19)11(12(16)20)17-8-15(9-17)6-5-7-18(15)13(21)22-14(2,3)4/h10-11,19H,5-9H2,1-4H3,(H2,16,20)/t10-,11+/m1/s1. The maximum Gasteiger partial charge on any atom is 0.410 e. The van der Waals surface area contributed by atoms with Crippen LogP contribution in [0.25, 0.3) is 0 Å². The van der Waals surface area contributed by atoms with Gasteiger partial charge in [-0.2, -0.15) is 0 Å². The molecule has 2 heterocycles. The third-order valence-electron chi connectivity index (χ3n) is 4.35. The molecule has 0 radical (unpaired) electrons. The molecule has 2 atom stereocenters. The van der Waals surface area contributed by atoms with Crippen LogP contribution < -0.4 is 5.73 Å². The minimum absolute atomic E-state index is 0.287. The number of carbonyl (C=O) groups excluding carboxylic acids is 2. The van der Waals surface area contributed by atoms with Crippen molar-refractivity contribution >= 4 is 12.0 Å². The fourth-order valence-electron chi connectivity index (χ4n) is 3.50. The average molecular weight is 313 g/mol. The van der Waals surface area contributed by atoms with Gasteiger partial charge in [0.1, 0.15) is 11.6 Å². The highest BCUT2D eigenvalue weighted by molar-refractivity contribution is 5.81. The van der Waals surface area contributed by atoms with Gasteiger partial charge in [-0.15, -0.1) is 0 Å². The number of amides is 2. The Balaban J connectivity index is 2.04. The van der Waals surface area contributed by atoms with Gasteiger partial charge < -0.3 is 15.6 Å². The second-order valence-electron chi connectivity index (χ2n) is 7.45. The Kier molecular flexibility index (Phi) is 4.41. The van der Waals surface area contributed by atoms with Gasteiger partial charge in [-0.05, 0) is 40.5 Å². The molecule has 1 spiro atoms. The number of aliphatic hydroxyl groups excluding tert-OH is 1. The number of likely N-dealkylation sites (tertiary alicyclic amines) is 2. The van der Waals surface area contributed by atoms with E-state index < -0.39 is 23.7 Å². The van der Waals surface area contributed by atoms with Crippen molar-refractivity contribution in [3.63, 3.8) is 0 Å². The number of ether oxygens (including phenoxy) is 1. The molecule has 0 aromatic carbocycles. The lowest BCUT2D eigenvalue weighted by atomic mass is 9.84. The van der Waals surface area contributed by atoms with Crippen LogP contribution in [-0.4, -0.2) is 69.8 Å². The predicted octanol–water partition coefficient (Wildman–Crippen LogP) is 0.306. The predicted molar refractivity (Wildman–Crippen MR) is 81.1 cm³/mol. The SMILES string of the molecule is C[C@@H](O)[C@@H](C(N)=O)N1CC2(CCCN2C(=O)OC(C)(C)C)C1. The van der Waals surface area contributed by atoms with Crippen molar-refractivity contribution in [2.24, 2.45) is 5.73 Å². The molecule has 7 heteroatoms. The van der Waals surface area contributed by atoms with Crippen molar-refractivity contribution in [1.82, 2.24) is 9.80 Å². The second-order valence-corrected chi connectivity index (χ2v) is 7.45. The van der Waals surface area contributed by atoms with Crippen molar-refractivity contribution in [3.05, 3.63) is 0 Å². The fraction of sp³-hybridized carbons (Fsp3) is 0.867. The van der Waals surface area contributed by atoms with Crippen molar-refractivity contribution in [3.8, 4) is 0 Å². The highest BCUT2D eigenvalue weighted by atomic mass is 16.6. The van der Waals surface area contributed by atoms with Crippen LogP contribution in [0.15, 0.2) is 0 Å². The summed E-state index contributed by atoms with van der Waals surface area (Å²) in [6, 6.07) is -0.702. The average Bonchev–Trinajstić information content (AvgIpc) is 2.69. The first kappa shape index (κ1) is 17.0. The molecule has 2 aliphatic rings. The molecule has 0 unspecified atom stereocenters. The molecule has 0 aromatic rings. The fourth-order valence-corrected chi connectivity index (χ4v) is 3.50. The van der Waals surface area contributed by atoms with Crippen LogP contribution in [0.1, 0.15) is 40.5 Å². The van der Waals surface area contributed by atoms with Crippen molar-refractivity contribution in [2.75, 3.05) is 19.6 Å². The highest BCUT2D eigenvalue weighted by Crippen LogP contribution is 2.39. The van der Waals surface area contributed by atoms with E-state index in [1.54, 1.807) is 11.8 Å². The van der Waals surface area contributed by atoms with E-state index in [2.05, 4.69) is 0 Å². The van der Waals surface area contributed by atoms with E-state index in [-0.39, 0.29) is 11.6 Å². The number of aliphatic hydroxyl groups is 1. The zero-order chi connectivity index (χ0) is 16.7. The lowest BCUT2D eigenvalue weighted by Gasteiger charge is -2.54. The van der Waals surface area contributed by atoms with Crippen LogP contribution in [0.2, 0.25) is 0 Å². The van der Waals surface area contributed by atoms with E-state index in [1.807, 2.05) is 25.7 Å². The molecule has 0 aromatic heterocycles. The number of hydrogen-bond acceptors (Lipinski definition) is 5. The molecular weight excluding hydrogens is 286 g/mol. The largest absolute Gasteiger partial charge is 0.444 e. The first-order valence-corrected chi connectivity index (χ1v) is 7.78. The zero-order valence-corrected chi connectivity index (χ0v) is 13.8. The van der Waals surface area contributed by atoms with Crippen LogP contribution in [-0.2, 0) is 9.53 Å². The van der Waals surface area contributed by atoms with Gasteiger partial charge in [-0.3, -0.25) is 14.6 Å². The molecule has 2 amide bonds. The zero-order valence-electron chi connectivity index (χ0n) is 13.8. The minimum Gasteiger partial charge on any atom is -0.444 e. The van der Waals surface area contributed by atoms with Crippen molar-refractivity contribution < 1.29 is 19.4 Å². The molecule has 2 saturated heterocycles. The van der Waals surface area contributed by atoms with E-state index in [0.717, 1.165) is 12.8 Å². The van der Waals surface area contributed by atoms with E-state index in [9.17, 15) is 14.7 Å². The van der Waals surface area contributed by atoms with Crippen LogP contribution in [0.3, 0.4) is 0 Å². The Labute approximate surface area is 131 Å². The molecule has 2 aliphatic heterocycles. The number of hydrogen-bond donors (Lipinski definition) is 2. The van der Waals surface area contributed by atoms with Gasteiger partial charge in [0.05, 0.1) is 11.6 Å². The Bertz CT molecular complexity index is 452. The molecule has 2 fully saturated rings. The Morgan fingerprint density at radius 2 is 1.91 bits per heavy atom. The molecule has 0 saturated carbocycles. The van der Waals surface area contributed by atoms with Gasteiger partial charge in [0.25, 0.3) is 0 Å². The van der Waals surface area contributed by atoms with Gasteiger partial charge in [-0.1, -0.05) is 0 Å². The summed E-state index contributed by atoms with van der Waals surface area (Å²) in [6.45, 7) is 8.85. The first-order chi connectivity index (χ1) is 10.1. The van der Waals surface area contributed by atoms with Gasteiger partial charge in [0.2, 0.25) is 5.91 Å². The summed E-state index contributed by atoms with van der Waals surface area (Å²) in [5, 5.41) is 9.73. The number of nitrogens with zero attached hydrogens (tertiary/aromatic N) is 2. The summed E-state index contributed by atoms with van der Waals surface area (Å²) < 4.78 is 5.47. The van der Waals surface area contributed by atoms with E-state index in [4.69, 9.17) is 10.5 Å². The summed E-state index contributed by atoms with van der Waals surface area (Å²) in [7, 11) is 0. The van der Waals surface area contributed by atoms with Gasteiger partial charge in [-0.25, -0.2) is 4.79 Å². The molecule has 126 valence electrons. The maximum absolute atomic E-state index is 12.4. The summed E-state index contributed by atoms with van der Waals surface area (Å²) in [4.78, 5) is 27.5. The van der Waals surface area contributed by atoms with E-state index >= 15 is 0 Å². The molecule has 22 heavy (non-hydrogen) atoms. The third-order valence-corrected chi connectivity index (χ3v) is 4.35. The molecule has 3 N–H and O–H groups in total.